The number of amides is 2. The summed E-state index contributed by atoms with van der Waals surface area (Å²) in [5.74, 6) is 0.754. The lowest BCUT2D eigenvalue weighted by atomic mass is 10.2. The third kappa shape index (κ3) is 5.53. The highest BCUT2D eigenvalue weighted by atomic mass is 79.9. The second-order valence-corrected chi connectivity index (χ2v) is 7.28. The molecule has 0 bridgehead atoms. The minimum atomic E-state index is -0.266. The summed E-state index contributed by atoms with van der Waals surface area (Å²) in [7, 11) is 0. The van der Waals surface area contributed by atoms with Gasteiger partial charge >= 0.3 is 0 Å². The van der Waals surface area contributed by atoms with Crippen molar-refractivity contribution in [2.45, 2.75) is 25.7 Å². The van der Waals surface area contributed by atoms with Crippen molar-refractivity contribution in [1.82, 2.24) is 15.2 Å². The van der Waals surface area contributed by atoms with E-state index in [0.717, 1.165) is 30.3 Å². The molecule has 0 atom stereocenters. The van der Waals surface area contributed by atoms with Crippen LogP contribution in [-0.2, 0) is 4.79 Å². The number of ether oxygens (including phenoxy) is 1. The molecule has 0 spiro atoms. The van der Waals surface area contributed by atoms with Crippen LogP contribution in [-0.4, -0.2) is 41.3 Å². The average molecular weight is 432 g/mol. The Kier molecular flexibility index (Phi) is 6.81. The van der Waals surface area contributed by atoms with E-state index in [1.165, 1.54) is 0 Å². The smallest absolute Gasteiger partial charge is 0.256 e. The van der Waals surface area contributed by atoms with Crippen molar-refractivity contribution in [1.29, 1.82) is 0 Å². The van der Waals surface area contributed by atoms with Crippen LogP contribution in [0.5, 0.6) is 11.6 Å². The predicted molar refractivity (Wildman–Crippen MR) is 106 cm³/mol. The molecule has 0 aliphatic carbocycles. The number of nitrogens with zero attached hydrogens (tertiary/aromatic N) is 2. The van der Waals surface area contributed by atoms with Crippen LogP contribution in [0.25, 0.3) is 0 Å². The summed E-state index contributed by atoms with van der Waals surface area (Å²) in [5, 5.41) is 2.86. The number of pyridine rings is 1. The van der Waals surface area contributed by atoms with Crippen molar-refractivity contribution in [3.05, 3.63) is 52.6 Å². The Labute approximate surface area is 167 Å². The second kappa shape index (κ2) is 9.50. The lowest BCUT2D eigenvalue weighted by molar-refractivity contribution is -0.130. The topological polar surface area (TPSA) is 71.5 Å². The summed E-state index contributed by atoms with van der Waals surface area (Å²) in [4.78, 5) is 30.6. The van der Waals surface area contributed by atoms with Crippen LogP contribution in [0.4, 0.5) is 0 Å². The number of hydrogen-bond acceptors (Lipinski definition) is 4. The highest BCUT2D eigenvalue weighted by Crippen LogP contribution is 2.24. The van der Waals surface area contributed by atoms with E-state index in [-0.39, 0.29) is 17.7 Å². The van der Waals surface area contributed by atoms with Crippen LogP contribution in [0.3, 0.4) is 0 Å². The molecule has 2 heterocycles. The van der Waals surface area contributed by atoms with Gasteiger partial charge in [0, 0.05) is 36.7 Å². The Hall–Kier alpha value is -2.41. The molecule has 1 aliphatic rings. The molecule has 1 saturated heterocycles. The van der Waals surface area contributed by atoms with Gasteiger partial charge in [-0.1, -0.05) is 22.4 Å². The Morgan fingerprint density at radius 1 is 1.19 bits per heavy atom. The fourth-order valence-corrected chi connectivity index (χ4v) is 3.20. The summed E-state index contributed by atoms with van der Waals surface area (Å²) in [6, 6.07) is 10.7. The number of carbonyl (C=O) groups is 2. The largest absolute Gasteiger partial charge is 0.438 e. The molecule has 2 aromatic rings. The molecule has 1 aromatic carbocycles. The quantitative estimate of drug-likeness (QED) is 0.755. The number of likely N-dealkylation sites (tertiary alicyclic amines) is 1. The van der Waals surface area contributed by atoms with Crippen LogP contribution in [0, 0.1) is 0 Å². The number of nitrogens with one attached hydrogen (secondary N) is 1. The highest BCUT2D eigenvalue weighted by molar-refractivity contribution is 9.10. The number of rotatable bonds is 6. The second-order valence-electron chi connectivity index (χ2n) is 6.36. The molecule has 27 heavy (non-hydrogen) atoms. The predicted octanol–water partition coefficient (Wildman–Crippen LogP) is 3.77. The van der Waals surface area contributed by atoms with Crippen molar-refractivity contribution < 1.29 is 14.3 Å². The normalized spacial score (nSPS) is 14.6. The Morgan fingerprint density at radius 2 is 2.00 bits per heavy atom. The molecule has 1 aromatic heterocycles. The van der Waals surface area contributed by atoms with Crippen LogP contribution in [0.1, 0.15) is 36.0 Å². The minimum Gasteiger partial charge on any atom is -0.438 e. The van der Waals surface area contributed by atoms with E-state index in [4.69, 9.17) is 4.74 Å². The number of aromatic nitrogens is 1. The number of hydrogen-bond donors (Lipinski definition) is 1. The molecule has 0 saturated carbocycles. The van der Waals surface area contributed by atoms with Crippen molar-refractivity contribution >= 4 is 27.7 Å². The molecule has 142 valence electrons. The molecule has 0 radical (unpaired) electrons. The van der Waals surface area contributed by atoms with Gasteiger partial charge in [-0.2, -0.15) is 0 Å². The number of carbonyl (C=O) groups excluding carboxylic acids is 2. The van der Waals surface area contributed by atoms with Gasteiger partial charge < -0.3 is 15.0 Å². The fraction of sp³-hybridized carbons (Fsp3) is 0.350. The van der Waals surface area contributed by atoms with E-state index in [0.29, 0.717) is 30.8 Å². The van der Waals surface area contributed by atoms with E-state index in [1.807, 2.05) is 17.0 Å². The standard InChI is InChI=1S/C20H22BrN3O3/c21-15-7-9-16(10-8-15)27-20-17(5-4-11-23-20)19(26)22-12-14-24-13-3-1-2-6-18(24)25/h4-5,7-11H,1-3,6,12-14H2,(H,22,26). The maximum Gasteiger partial charge on any atom is 0.256 e. The van der Waals surface area contributed by atoms with Crippen LogP contribution >= 0.6 is 15.9 Å². The lowest BCUT2D eigenvalue weighted by Crippen LogP contribution is -2.38. The first kappa shape index (κ1) is 19.4. The first-order chi connectivity index (χ1) is 13.1. The van der Waals surface area contributed by atoms with Crippen molar-refractivity contribution in [3.63, 3.8) is 0 Å². The average Bonchev–Trinajstić information content (AvgIpc) is 2.88. The molecule has 0 unspecified atom stereocenters. The van der Waals surface area contributed by atoms with Gasteiger partial charge in [0.25, 0.3) is 5.91 Å². The summed E-state index contributed by atoms with van der Waals surface area (Å²) in [6.07, 6.45) is 5.24. The summed E-state index contributed by atoms with van der Waals surface area (Å²) < 4.78 is 6.70. The van der Waals surface area contributed by atoms with Crippen LogP contribution in [0.2, 0.25) is 0 Å². The van der Waals surface area contributed by atoms with Gasteiger partial charge in [0.15, 0.2) is 0 Å². The van der Waals surface area contributed by atoms with Gasteiger partial charge in [0.2, 0.25) is 11.8 Å². The molecular weight excluding hydrogens is 410 g/mol. The third-order valence-corrected chi connectivity index (χ3v) is 4.91. The van der Waals surface area contributed by atoms with Crippen LogP contribution < -0.4 is 10.1 Å². The molecule has 7 heteroatoms. The first-order valence-electron chi connectivity index (χ1n) is 9.08. The zero-order valence-corrected chi connectivity index (χ0v) is 16.6. The van der Waals surface area contributed by atoms with E-state index < -0.39 is 0 Å². The molecule has 1 fully saturated rings. The summed E-state index contributed by atoms with van der Waals surface area (Å²) >= 11 is 3.38. The van der Waals surface area contributed by atoms with E-state index in [2.05, 4.69) is 26.2 Å². The molecular formula is C20H22BrN3O3. The number of halogens is 1. The van der Waals surface area contributed by atoms with Gasteiger partial charge in [0.05, 0.1) is 0 Å². The SMILES string of the molecule is O=C(NCCN1CCCCCC1=O)c1cccnc1Oc1ccc(Br)cc1. The van der Waals surface area contributed by atoms with Gasteiger partial charge in [-0.15, -0.1) is 0 Å². The molecule has 3 rings (SSSR count). The van der Waals surface area contributed by atoms with Gasteiger partial charge in [-0.05, 0) is 49.2 Å². The zero-order valence-electron chi connectivity index (χ0n) is 15.0. The maximum absolute atomic E-state index is 12.6. The van der Waals surface area contributed by atoms with E-state index in [9.17, 15) is 9.59 Å². The minimum absolute atomic E-state index is 0.169. The van der Waals surface area contributed by atoms with Crippen LogP contribution in [0.15, 0.2) is 47.1 Å². The first-order valence-corrected chi connectivity index (χ1v) is 9.87. The highest BCUT2D eigenvalue weighted by Gasteiger charge is 2.18. The molecule has 2 amide bonds. The Balaban J connectivity index is 1.59. The fourth-order valence-electron chi connectivity index (χ4n) is 2.93. The monoisotopic (exact) mass is 431 g/mol. The summed E-state index contributed by atoms with van der Waals surface area (Å²) in [6.45, 7) is 1.68. The van der Waals surface area contributed by atoms with Gasteiger partial charge in [-0.25, -0.2) is 4.98 Å². The number of benzene rings is 1. The van der Waals surface area contributed by atoms with E-state index >= 15 is 0 Å². The molecule has 6 nitrogen and oxygen atoms in total. The maximum atomic E-state index is 12.6. The van der Waals surface area contributed by atoms with Gasteiger partial charge in [0.1, 0.15) is 11.3 Å². The van der Waals surface area contributed by atoms with Gasteiger partial charge in [-0.3, -0.25) is 9.59 Å². The Bertz CT molecular complexity index is 795. The van der Waals surface area contributed by atoms with Crippen molar-refractivity contribution in [3.8, 4) is 11.6 Å². The van der Waals surface area contributed by atoms with Crippen molar-refractivity contribution in [2.24, 2.45) is 0 Å². The van der Waals surface area contributed by atoms with E-state index in [1.54, 1.807) is 30.5 Å². The Morgan fingerprint density at radius 3 is 2.81 bits per heavy atom. The lowest BCUT2D eigenvalue weighted by Gasteiger charge is -2.20. The third-order valence-electron chi connectivity index (χ3n) is 4.38. The molecule has 1 N–H and O–H groups in total. The zero-order chi connectivity index (χ0) is 19.1. The van der Waals surface area contributed by atoms with Crippen molar-refractivity contribution in [2.75, 3.05) is 19.6 Å². The summed E-state index contributed by atoms with van der Waals surface area (Å²) in [5.41, 5.74) is 0.364. The molecule has 1 aliphatic heterocycles.